The first-order valence-corrected chi connectivity index (χ1v) is 2.38. The molecule has 0 aliphatic carbocycles. The minimum absolute atomic E-state index is 0. The molecule has 1 aromatic rings. The average Bonchev–Trinajstić information content (AvgIpc) is 1.90. The molecule has 0 aliphatic rings. The Morgan fingerprint density at radius 2 is 1.50 bits per heavy atom. The number of rotatable bonds is 0. The van der Waals surface area contributed by atoms with Crippen molar-refractivity contribution in [3.8, 4) is 6.07 Å². The molecular weight excluding hydrogens is 169 g/mol. The van der Waals surface area contributed by atoms with Crippen molar-refractivity contribution in [3.05, 3.63) is 35.9 Å². The van der Waals surface area contributed by atoms with E-state index in [0.29, 0.717) is 5.56 Å². The van der Waals surface area contributed by atoms with E-state index in [2.05, 4.69) is 0 Å². The summed E-state index contributed by atoms with van der Waals surface area (Å²) >= 11 is 0. The minimum atomic E-state index is 0. The first kappa shape index (κ1) is 12.0. The Kier molecular flexibility index (Phi) is 7.70. The standard InChI is InChI=1S/C7H5N.2ClH/c8-6-7-4-2-1-3-5-7;;/h1-5H;2*1H. The molecule has 0 saturated carbocycles. The van der Waals surface area contributed by atoms with Crippen LogP contribution in [-0.4, -0.2) is 0 Å². The summed E-state index contributed by atoms with van der Waals surface area (Å²) in [7, 11) is 0. The Hall–Kier alpha value is -0.710. The maximum absolute atomic E-state index is 8.29. The molecule has 1 rings (SSSR count). The van der Waals surface area contributed by atoms with Crippen LogP contribution in [0.5, 0.6) is 0 Å². The number of halogens is 2. The van der Waals surface area contributed by atoms with E-state index in [-0.39, 0.29) is 24.8 Å². The summed E-state index contributed by atoms with van der Waals surface area (Å²) in [6.07, 6.45) is 0. The van der Waals surface area contributed by atoms with E-state index in [0.717, 1.165) is 0 Å². The predicted octanol–water partition coefficient (Wildman–Crippen LogP) is 2.40. The summed E-state index contributed by atoms with van der Waals surface area (Å²) in [5, 5.41) is 8.29. The van der Waals surface area contributed by atoms with Gasteiger partial charge in [0, 0.05) is 0 Å². The van der Waals surface area contributed by atoms with Gasteiger partial charge in [-0.1, -0.05) is 18.2 Å². The van der Waals surface area contributed by atoms with Gasteiger partial charge in [0.25, 0.3) is 0 Å². The molecule has 10 heavy (non-hydrogen) atoms. The summed E-state index contributed by atoms with van der Waals surface area (Å²) < 4.78 is 0. The molecule has 0 amide bonds. The molecule has 0 heterocycles. The van der Waals surface area contributed by atoms with Crippen molar-refractivity contribution in [2.75, 3.05) is 0 Å². The smallest absolute Gasteiger partial charge is 0.0991 e. The Bertz CT molecular complexity index is 203. The van der Waals surface area contributed by atoms with Crippen LogP contribution >= 0.6 is 24.8 Å². The van der Waals surface area contributed by atoms with Gasteiger partial charge in [-0.25, -0.2) is 0 Å². The molecule has 0 saturated heterocycles. The third kappa shape index (κ3) is 3.34. The van der Waals surface area contributed by atoms with Gasteiger partial charge in [0.05, 0.1) is 11.6 Å². The fourth-order valence-corrected chi connectivity index (χ4v) is 0.513. The zero-order valence-corrected chi connectivity index (χ0v) is 6.78. The van der Waals surface area contributed by atoms with Crippen LogP contribution in [0.2, 0.25) is 0 Å². The highest BCUT2D eigenvalue weighted by atomic mass is 35.5. The molecule has 0 aliphatic heterocycles. The molecule has 1 nitrogen and oxygen atoms in total. The molecular formula is C7H7Cl2N. The van der Waals surface area contributed by atoms with Gasteiger partial charge in [0.15, 0.2) is 0 Å². The second kappa shape index (κ2) is 6.41. The largest absolute Gasteiger partial charge is 0.192 e. The SMILES string of the molecule is Cl.Cl.N#Cc1ccccc1. The van der Waals surface area contributed by atoms with Crippen molar-refractivity contribution in [2.45, 2.75) is 0 Å². The van der Waals surface area contributed by atoms with Gasteiger partial charge in [-0.15, -0.1) is 24.8 Å². The minimum Gasteiger partial charge on any atom is -0.192 e. The maximum Gasteiger partial charge on any atom is 0.0991 e. The molecule has 0 bridgehead atoms. The van der Waals surface area contributed by atoms with Crippen LogP contribution in [0.25, 0.3) is 0 Å². The molecule has 0 atom stereocenters. The van der Waals surface area contributed by atoms with Gasteiger partial charge in [0.1, 0.15) is 0 Å². The highest BCUT2D eigenvalue weighted by Gasteiger charge is 1.79. The molecule has 0 spiro atoms. The van der Waals surface area contributed by atoms with Gasteiger partial charge in [-0.3, -0.25) is 0 Å². The summed E-state index contributed by atoms with van der Waals surface area (Å²) in [6, 6.07) is 11.2. The molecule has 0 aromatic heterocycles. The number of hydrogen-bond donors (Lipinski definition) is 0. The molecule has 3 heteroatoms. The number of nitriles is 1. The van der Waals surface area contributed by atoms with Crippen LogP contribution in [0.4, 0.5) is 0 Å². The molecule has 0 fully saturated rings. The molecule has 0 unspecified atom stereocenters. The van der Waals surface area contributed by atoms with E-state index >= 15 is 0 Å². The molecule has 1 aromatic carbocycles. The van der Waals surface area contributed by atoms with Gasteiger partial charge < -0.3 is 0 Å². The van der Waals surface area contributed by atoms with Gasteiger partial charge >= 0.3 is 0 Å². The van der Waals surface area contributed by atoms with E-state index in [4.69, 9.17) is 5.26 Å². The van der Waals surface area contributed by atoms with Crippen molar-refractivity contribution in [1.82, 2.24) is 0 Å². The van der Waals surface area contributed by atoms with E-state index in [1.54, 1.807) is 12.1 Å². The normalized spacial score (nSPS) is 6.30. The lowest BCUT2D eigenvalue weighted by Gasteiger charge is -1.80. The number of benzene rings is 1. The van der Waals surface area contributed by atoms with Gasteiger partial charge in [-0.05, 0) is 12.1 Å². The van der Waals surface area contributed by atoms with Crippen LogP contribution in [0.15, 0.2) is 30.3 Å². The van der Waals surface area contributed by atoms with Gasteiger partial charge in [0.2, 0.25) is 0 Å². The summed E-state index contributed by atoms with van der Waals surface area (Å²) in [5.74, 6) is 0. The first-order valence-electron chi connectivity index (χ1n) is 2.38. The lowest BCUT2D eigenvalue weighted by atomic mass is 10.2. The highest BCUT2D eigenvalue weighted by Crippen LogP contribution is 1.92. The molecule has 0 N–H and O–H groups in total. The summed E-state index contributed by atoms with van der Waals surface area (Å²) in [6.45, 7) is 0. The quantitative estimate of drug-likeness (QED) is 0.595. The maximum atomic E-state index is 8.29. The third-order valence-corrected chi connectivity index (χ3v) is 0.903. The average molecular weight is 176 g/mol. The summed E-state index contributed by atoms with van der Waals surface area (Å²) in [5.41, 5.74) is 0.715. The monoisotopic (exact) mass is 175 g/mol. The molecule has 54 valence electrons. The lowest BCUT2D eigenvalue weighted by molar-refractivity contribution is 1.49. The Morgan fingerprint density at radius 3 is 1.80 bits per heavy atom. The zero-order valence-electron chi connectivity index (χ0n) is 5.15. The van der Waals surface area contributed by atoms with Crippen molar-refractivity contribution >= 4 is 24.8 Å². The number of nitrogens with zero attached hydrogens (tertiary/aromatic N) is 1. The summed E-state index contributed by atoms with van der Waals surface area (Å²) in [4.78, 5) is 0. The third-order valence-electron chi connectivity index (χ3n) is 0.903. The van der Waals surface area contributed by atoms with Crippen molar-refractivity contribution in [1.29, 1.82) is 5.26 Å². The highest BCUT2D eigenvalue weighted by molar-refractivity contribution is 5.85. The van der Waals surface area contributed by atoms with Crippen LogP contribution < -0.4 is 0 Å². The van der Waals surface area contributed by atoms with E-state index in [1.807, 2.05) is 24.3 Å². The number of hydrogen-bond acceptors (Lipinski definition) is 1. The Labute approximate surface area is 72.5 Å². The zero-order chi connectivity index (χ0) is 5.82. The van der Waals surface area contributed by atoms with Crippen LogP contribution in [-0.2, 0) is 0 Å². The van der Waals surface area contributed by atoms with Crippen molar-refractivity contribution < 1.29 is 0 Å². The predicted molar refractivity (Wildman–Crippen MR) is 45.7 cm³/mol. The van der Waals surface area contributed by atoms with Gasteiger partial charge in [-0.2, -0.15) is 5.26 Å². The first-order chi connectivity index (χ1) is 3.93. The Morgan fingerprint density at radius 1 is 1.00 bits per heavy atom. The van der Waals surface area contributed by atoms with Crippen LogP contribution in [0.1, 0.15) is 5.56 Å². The van der Waals surface area contributed by atoms with Crippen LogP contribution in [0.3, 0.4) is 0 Å². The lowest BCUT2D eigenvalue weighted by Crippen LogP contribution is -1.66. The van der Waals surface area contributed by atoms with Crippen LogP contribution in [0, 0.1) is 11.3 Å². The topological polar surface area (TPSA) is 23.8 Å². The fraction of sp³-hybridized carbons (Fsp3) is 0. The second-order valence-corrected chi connectivity index (χ2v) is 1.48. The molecule has 0 radical (unpaired) electrons. The second-order valence-electron chi connectivity index (χ2n) is 1.48. The fourth-order valence-electron chi connectivity index (χ4n) is 0.513. The van der Waals surface area contributed by atoms with Crippen molar-refractivity contribution in [3.63, 3.8) is 0 Å². The Balaban J connectivity index is 0. The van der Waals surface area contributed by atoms with E-state index in [9.17, 15) is 0 Å². The van der Waals surface area contributed by atoms with E-state index in [1.165, 1.54) is 0 Å². The van der Waals surface area contributed by atoms with E-state index < -0.39 is 0 Å². The van der Waals surface area contributed by atoms with Crippen molar-refractivity contribution in [2.24, 2.45) is 0 Å².